The molecular weight excluding hydrogens is 334 g/mol. The number of nitrogens with zero attached hydrogens (tertiary/aromatic N) is 1. The molecule has 3 aromatic rings. The number of para-hydroxylation sites is 1. The Morgan fingerprint density at radius 2 is 1.88 bits per heavy atom. The Kier molecular flexibility index (Phi) is 5.51. The zero-order valence-electron chi connectivity index (χ0n) is 14.1. The zero-order valence-corrected chi connectivity index (χ0v) is 14.8. The number of carbonyl (C=O) groups is 1. The van der Waals surface area contributed by atoms with Gasteiger partial charge in [0.1, 0.15) is 0 Å². The molecule has 25 heavy (non-hydrogen) atoms. The molecule has 1 heterocycles. The van der Waals surface area contributed by atoms with Crippen LogP contribution in [0.25, 0.3) is 10.9 Å². The fraction of sp³-hybridized carbons (Fsp3) is 0.200. The predicted molar refractivity (Wildman–Crippen MR) is 103 cm³/mol. The highest BCUT2D eigenvalue weighted by Gasteiger charge is 2.11. The fourth-order valence-corrected chi connectivity index (χ4v) is 2.83. The minimum Gasteiger partial charge on any atom is -0.385 e. The molecule has 0 unspecified atom stereocenters. The fourth-order valence-electron chi connectivity index (χ4n) is 2.65. The van der Waals surface area contributed by atoms with E-state index in [9.17, 15) is 4.79 Å². The first-order chi connectivity index (χ1) is 12.1. The van der Waals surface area contributed by atoms with Gasteiger partial charge in [-0.05, 0) is 49.7 Å². The molecule has 0 bridgehead atoms. The molecule has 1 amide bonds. The monoisotopic (exact) mass is 353 g/mol. The number of amides is 1. The van der Waals surface area contributed by atoms with Crippen LogP contribution < -0.4 is 10.6 Å². The Balaban J connectivity index is 1.56. The van der Waals surface area contributed by atoms with Gasteiger partial charge in [0.2, 0.25) is 0 Å². The number of anilines is 1. The van der Waals surface area contributed by atoms with Crippen LogP contribution in [0.5, 0.6) is 0 Å². The van der Waals surface area contributed by atoms with E-state index in [0.717, 1.165) is 35.2 Å². The summed E-state index contributed by atoms with van der Waals surface area (Å²) in [6, 6.07) is 17.3. The van der Waals surface area contributed by atoms with Gasteiger partial charge in [-0.15, -0.1) is 0 Å². The quantitative estimate of drug-likeness (QED) is 0.644. The molecule has 4 nitrogen and oxygen atoms in total. The Morgan fingerprint density at radius 3 is 2.68 bits per heavy atom. The van der Waals surface area contributed by atoms with Crippen molar-refractivity contribution in [3.05, 3.63) is 70.9 Å². The number of nitrogens with one attached hydrogen (secondary N) is 2. The summed E-state index contributed by atoms with van der Waals surface area (Å²) in [4.78, 5) is 16.9. The third-order valence-electron chi connectivity index (χ3n) is 3.95. The zero-order chi connectivity index (χ0) is 17.6. The van der Waals surface area contributed by atoms with E-state index in [1.165, 1.54) is 0 Å². The second-order valence-corrected chi connectivity index (χ2v) is 6.30. The van der Waals surface area contributed by atoms with Gasteiger partial charge in [-0.3, -0.25) is 9.78 Å². The second-order valence-electron chi connectivity index (χ2n) is 5.86. The number of pyridine rings is 1. The molecular formula is C20H20ClN3O. The number of aryl methyl sites for hydroxylation is 1. The molecule has 0 spiro atoms. The van der Waals surface area contributed by atoms with Gasteiger partial charge in [-0.1, -0.05) is 29.8 Å². The molecule has 0 atom stereocenters. The van der Waals surface area contributed by atoms with Crippen molar-refractivity contribution in [3.63, 3.8) is 0 Å². The Labute approximate surface area is 152 Å². The number of carbonyl (C=O) groups excluding carboxylic acids is 1. The van der Waals surface area contributed by atoms with Gasteiger partial charge in [-0.25, -0.2) is 0 Å². The van der Waals surface area contributed by atoms with Crippen molar-refractivity contribution in [3.8, 4) is 0 Å². The van der Waals surface area contributed by atoms with Crippen LogP contribution in [0.15, 0.2) is 54.6 Å². The van der Waals surface area contributed by atoms with E-state index in [2.05, 4.69) is 15.6 Å². The molecule has 1 aromatic heterocycles. The Morgan fingerprint density at radius 1 is 1.08 bits per heavy atom. The number of hydrogen-bond donors (Lipinski definition) is 2. The number of rotatable bonds is 6. The van der Waals surface area contributed by atoms with Gasteiger partial charge in [-0.2, -0.15) is 0 Å². The molecule has 128 valence electrons. The summed E-state index contributed by atoms with van der Waals surface area (Å²) in [6.07, 6.45) is 0.840. The highest BCUT2D eigenvalue weighted by molar-refractivity contribution is 6.31. The standard InChI is InChI=1S/C20H20ClN3O/c1-14-18(13-15-12-16(21)8-9-19(15)24-14)20(25)23-11-5-10-22-17-6-3-2-4-7-17/h2-4,6-9,12-13,22H,5,10-11H2,1H3,(H,23,25). The Hall–Kier alpha value is -2.59. The van der Waals surface area contributed by atoms with E-state index in [-0.39, 0.29) is 5.91 Å². The minimum atomic E-state index is -0.105. The lowest BCUT2D eigenvalue weighted by Crippen LogP contribution is -2.26. The molecule has 0 aliphatic carbocycles. The first-order valence-corrected chi connectivity index (χ1v) is 8.65. The molecule has 0 fully saturated rings. The maximum Gasteiger partial charge on any atom is 0.253 e. The lowest BCUT2D eigenvalue weighted by atomic mass is 10.1. The lowest BCUT2D eigenvalue weighted by Gasteiger charge is -2.10. The first-order valence-electron chi connectivity index (χ1n) is 8.27. The SMILES string of the molecule is Cc1nc2ccc(Cl)cc2cc1C(=O)NCCCNc1ccccc1. The summed E-state index contributed by atoms with van der Waals surface area (Å²) in [6.45, 7) is 3.25. The summed E-state index contributed by atoms with van der Waals surface area (Å²) in [5.74, 6) is -0.105. The largest absolute Gasteiger partial charge is 0.385 e. The molecule has 0 radical (unpaired) electrons. The molecule has 2 N–H and O–H groups in total. The van der Waals surface area contributed by atoms with E-state index >= 15 is 0 Å². The first kappa shape index (κ1) is 17.2. The van der Waals surface area contributed by atoms with Crippen molar-refractivity contribution in [2.45, 2.75) is 13.3 Å². The number of fused-ring (bicyclic) bond motifs is 1. The van der Waals surface area contributed by atoms with Crippen molar-refractivity contribution in [1.29, 1.82) is 0 Å². The highest BCUT2D eigenvalue weighted by Crippen LogP contribution is 2.20. The number of aromatic nitrogens is 1. The van der Waals surface area contributed by atoms with Crippen LogP contribution in [-0.2, 0) is 0 Å². The third-order valence-corrected chi connectivity index (χ3v) is 4.19. The second kappa shape index (κ2) is 7.99. The van der Waals surface area contributed by atoms with Crippen molar-refractivity contribution >= 4 is 34.1 Å². The average molecular weight is 354 g/mol. The summed E-state index contributed by atoms with van der Waals surface area (Å²) in [5.41, 5.74) is 3.23. The summed E-state index contributed by atoms with van der Waals surface area (Å²) >= 11 is 6.02. The summed E-state index contributed by atoms with van der Waals surface area (Å²) in [7, 11) is 0. The maximum atomic E-state index is 12.4. The molecule has 3 rings (SSSR count). The van der Waals surface area contributed by atoms with Crippen LogP contribution in [0, 0.1) is 6.92 Å². The highest BCUT2D eigenvalue weighted by atomic mass is 35.5. The van der Waals surface area contributed by atoms with Crippen molar-refractivity contribution in [2.75, 3.05) is 18.4 Å². The topological polar surface area (TPSA) is 54.0 Å². The van der Waals surface area contributed by atoms with Crippen molar-refractivity contribution < 1.29 is 4.79 Å². The van der Waals surface area contributed by atoms with E-state index < -0.39 is 0 Å². The van der Waals surface area contributed by atoms with Gasteiger partial charge >= 0.3 is 0 Å². The average Bonchev–Trinajstić information content (AvgIpc) is 2.62. The van der Waals surface area contributed by atoms with Crippen molar-refractivity contribution in [1.82, 2.24) is 10.3 Å². The molecule has 0 aliphatic heterocycles. The smallest absolute Gasteiger partial charge is 0.253 e. The van der Waals surface area contributed by atoms with Crippen LogP contribution >= 0.6 is 11.6 Å². The van der Waals surface area contributed by atoms with Crippen LogP contribution in [-0.4, -0.2) is 24.0 Å². The molecule has 0 saturated carbocycles. The Bertz CT molecular complexity index is 881. The van der Waals surface area contributed by atoms with E-state index in [1.54, 1.807) is 6.07 Å². The summed E-state index contributed by atoms with van der Waals surface area (Å²) < 4.78 is 0. The maximum absolute atomic E-state index is 12.4. The molecule has 5 heteroatoms. The molecule has 0 saturated heterocycles. The van der Waals surface area contributed by atoms with Crippen molar-refractivity contribution in [2.24, 2.45) is 0 Å². The van der Waals surface area contributed by atoms with Gasteiger partial charge < -0.3 is 10.6 Å². The van der Waals surface area contributed by atoms with Crippen LogP contribution in [0.1, 0.15) is 22.5 Å². The van der Waals surface area contributed by atoms with Gasteiger partial charge in [0.05, 0.1) is 16.8 Å². The number of halogens is 1. The summed E-state index contributed by atoms with van der Waals surface area (Å²) in [5, 5.41) is 7.78. The number of hydrogen-bond acceptors (Lipinski definition) is 3. The predicted octanol–water partition coefficient (Wildman–Crippen LogP) is 4.43. The van der Waals surface area contributed by atoms with E-state index in [4.69, 9.17) is 11.6 Å². The van der Waals surface area contributed by atoms with Gasteiger partial charge in [0.25, 0.3) is 5.91 Å². The van der Waals surface area contributed by atoms with Crippen LogP contribution in [0.3, 0.4) is 0 Å². The number of benzene rings is 2. The van der Waals surface area contributed by atoms with Gasteiger partial charge in [0.15, 0.2) is 0 Å². The third kappa shape index (κ3) is 4.48. The normalized spacial score (nSPS) is 10.6. The lowest BCUT2D eigenvalue weighted by molar-refractivity contribution is 0.0952. The van der Waals surface area contributed by atoms with E-state index in [0.29, 0.717) is 17.1 Å². The molecule has 0 aliphatic rings. The minimum absolute atomic E-state index is 0.105. The molecule has 2 aromatic carbocycles. The van der Waals surface area contributed by atoms with Crippen LogP contribution in [0.2, 0.25) is 5.02 Å². The van der Waals surface area contributed by atoms with Crippen LogP contribution in [0.4, 0.5) is 5.69 Å². The van der Waals surface area contributed by atoms with E-state index in [1.807, 2.05) is 55.5 Å². The van der Waals surface area contributed by atoms with Gasteiger partial charge in [0, 0.05) is 29.2 Å².